The third kappa shape index (κ3) is 3.51. The first-order chi connectivity index (χ1) is 11.2. The van der Waals surface area contributed by atoms with Crippen molar-refractivity contribution in [1.29, 1.82) is 0 Å². The van der Waals surface area contributed by atoms with Crippen LogP contribution in [-0.2, 0) is 11.2 Å². The average Bonchev–Trinajstić information content (AvgIpc) is 2.94. The summed E-state index contributed by atoms with van der Waals surface area (Å²) in [5.74, 6) is -0.855. The predicted octanol–water partition coefficient (Wildman–Crippen LogP) is 4.64. The fraction of sp³-hybridized carbons (Fsp3) is 0.150. The van der Waals surface area contributed by atoms with Crippen LogP contribution in [0, 0.1) is 0 Å². The normalized spacial score (nSPS) is 11.8. The lowest BCUT2D eigenvalue weighted by Crippen LogP contribution is -1.98. The van der Waals surface area contributed by atoms with Gasteiger partial charge in [-0.2, -0.15) is 0 Å². The van der Waals surface area contributed by atoms with Crippen molar-refractivity contribution < 1.29 is 9.90 Å². The van der Waals surface area contributed by atoms with Gasteiger partial charge >= 0.3 is 5.97 Å². The van der Waals surface area contributed by atoms with Gasteiger partial charge in [-0.25, -0.2) is 4.79 Å². The summed E-state index contributed by atoms with van der Waals surface area (Å²) < 4.78 is 0. The molecule has 2 N–H and O–H groups in total. The molecule has 3 nitrogen and oxygen atoms in total. The van der Waals surface area contributed by atoms with Gasteiger partial charge in [0.1, 0.15) is 0 Å². The Labute approximate surface area is 135 Å². The lowest BCUT2D eigenvalue weighted by atomic mass is 10.1. The summed E-state index contributed by atoms with van der Waals surface area (Å²) in [6, 6.07) is 18.4. The summed E-state index contributed by atoms with van der Waals surface area (Å²) in [4.78, 5) is 14.6. The van der Waals surface area contributed by atoms with Crippen molar-refractivity contribution in [3.8, 4) is 0 Å². The van der Waals surface area contributed by atoms with E-state index < -0.39 is 5.97 Å². The maximum Gasteiger partial charge on any atom is 0.331 e. The number of hydrogen-bond acceptors (Lipinski definition) is 1. The second kappa shape index (κ2) is 6.53. The number of rotatable bonds is 5. The average molecular weight is 305 g/mol. The highest BCUT2D eigenvalue weighted by Gasteiger charge is 2.06. The van der Waals surface area contributed by atoms with Gasteiger partial charge in [0.25, 0.3) is 0 Å². The fourth-order valence-corrected chi connectivity index (χ4v) is 2.73. The van der Waals surface area contributed by atoms with E-state index in [9.17, 15) is 4.79 Å². The summed E-state index contributed by atoms with van der Waals surface area (Å²) in [6.45, 7) is 1.85. The van der Waals surface area contributed by atoms with Crippen LogP contribution < -0.4 is 0 Å². The quantitative estimate of drug-likeness (QED) is 0.675. The van der Waals surface area contributed by atoms with Crippen LogP contribution >= 0.6 is 0 Å². The van der Waals surface area contributed by atoms with E-state index in [2.05, 4.69) is 23.2 Å². The van der Waals surface area contributed by atoms with Crippen LogP contribution in [0.4, 0.5) is 0 Å². The summed E-state index contributed by atoms with van der Waals surface area (Å²) in [6.07, 6.45) is 3.11. The van der Waals surface area contributed by atoms with Crippen LogP contribution in [0.2, 0.25) is 0 Å². The van der Waals surface area contributed by atoms with E-state index in [0.717, 1.165) is 28.6 Å². The lowest BCUT2D eigenvalue weighted by Gasteiger charge is -1.99. The molecule has 0 aliphatic rings. The van der Waals surface area contributed by atoms with Crippen molar-refractivity contribution in [3.63, 3.8) is 0 Å². The second-order valence-corrected chi connectivity index (χ2v) is 5.63. The van der Waals surface area contributed by atoms with Gasteiger partial charge in [0.05, 0.1) is 0 Å². The van der Waals surface area contributed by atoms with E-state index in [1.807, 2.05) is 43.3 Å². The molecule has 3 aromatic rings. The summed E-state index contributed by atoms with van der Waals surface area (Å²) in [7, 11) is 0. The minimum Gasteiger partial charge on any atom is -0.478 e. The van der Waals surface area contributed by atoms with Gasteiger partial charge in [0.15, 0.2) is 0 Å². The van der Waals surface area contributed by atoms with Crippen LogP contribution in [0.3, 0.4) is 0 Å². The standard InChI is InChI=1S/C20H19NO2/c1-2-16(20(22)23)10-15-8-9-19-17(11-15)13-18(21-19)12-14-6-4-3-5-7-14/h3-11,13,21H,2,12H2,1H3,(H,22,23). The molecule has 0 unspecified atom stereocenters. The van der Waals surface area contributed by atoms with Gasteiger partial charge in [-0.05, 0) is 41.8 Å². The van der Waals surface area contributed by atoms with E-state index in [1.165, 1.54) is 5.56 Å². The zero-order chi connectivity index (χ0) is 16.2. The van der Waals surface area contributed by atoms with Crippen LogP contribution in [-0.4, -0.2) is 16.1 Å². The molecule has 0 aliphatic heterocycles. The number of benzene rings is 2. The molecule has 0 bridgehead atoms. The molecule has 1 aromatic heterocycles. The van der Waals surface area contributed by atoms with E-state index >= 15 is 0 Å². The molecule has 2 aromatic carbocycles. The molecule has 1 heterocycles. The van der Waals surface area contributed by atoms with Crippen LogP contribution in [0.1, 0.15) is 30.2 Å². The molecule has 23 heavy (non-hydrogen) atoms. The van der Waals surface area contributed by atoms with Crippen molar-refractivity contribution in [3.05, 3.63) is 77.0 Å². The SMILES string of the molecule is CCC(=Cc1ccc2[nH]c(Cc3ccccc3)cc2c1)C(=O)O. The molecule has 0 amide bonds. The van der Waals surface area contributed by atoms with Gasteiger partial charge in [0, 0.05) is 28.6 Å². The number of hydrogen-bond donors (Lipinski definition) is 2. The Morgan fingerprint density at radius 2 is 1.91 bits per heavy atom. The van der Waals surface area contributed by atoms with Gasteiger partial charge in [-0.1, -0.05) is 43.3 Å². The maximum absolute atomic E-state index is 11.1. The Hall–Kier alpha value is -2.81. The minimum atomic E-state index is -0.855. The fourth-order valence-electron chi connectivity index (χ4n) is 2.73. The maximum atomic E-state index is 11.1. The molecule has 3 heteroatoms. The van der Waals surface area contributed by atoms with E-state index in [-0.39, 0.29) is 0 Å². The molecular formula is C20H19NO2. The van der Waals surface area contributed by atoms with Crippen molar-refractivity contribution in [2.24, 2.45) is 0 Å². The zero-order valence-electron chi connectivity index (χ0n) is 13.0. The number of aliphatic carboxylic acids is 1. The Morgan fingerprint density at radius 1 is 1.13 bits per heavy atom. The molecule has 0 saturated carbocycles. The van der Waals surface area contributed by atoms with Crippen molar-refractivity contribution in [2.75, 3.05) is 0 Å². The number of fused-ring (bicyclic) bond motifs is 1. The number of carboxylic acids is 1. The third-order valence-corrected chi connectivity index (χ3v) is 3.93. The highest BCUT2D eigenvalue weighted by Crippen LogP contribution is 2.21. The molecule has 0 radical (unpaired) electrons. The summed E-state index contributed by atoms with van der Waals surface area (Å²) in [5.41, 5.74) is 4.83. The van der Waals surface area contributed by atoms with Crippen molar-refractivity contribution in [1.82, 2.24) is 4.98 Å². The van der Waals surface area contributed by atoms with Gasteiger partial charge in [-0.3, -0.25) is 0 Å². The summed E-state index contributed by atoms with van der Waals surface area (Å²) >= 11 is 0. The predicted molar refractivity (Wildman–Crippen MR) is 93.5 cm³/mol. The topological polar surface area (TPSA) is 53.1 Å². The molecule has 0 saturated heterocycles. The monoisotopic (exact) mass is 305 g/mol. The Kier molecular flexibility index (Phi) is 4.29. The lowest BCUT2D eigenvalue weighted by molar-refractivity contribution is -0.132. The third-order valence-electron chi connectivity index (χ3n) is 3.93. The second-order valence-electron chi connectivity index (χ2n) is 5.63. The van der Waals surface area contributed by atoms with E-state index in [4.69, 9.17) is 5.11 Å². The zero-order valence-corrected chi connectivity index (χ0v) is 13.0. The number of aromatic nitrogens is 1. The molecule has 0 spiro atoms. The smallest absolute Gasteiger partial charge is 0.331 e. The summed E-state index contributed by atoms with van der Waals surface area (Å²) in [5, 5.41) is 10.2. The number of carboxylic acid groups (broad SMARTS) is 1. The Morgan fingerprint density at radius 3 is 2.61 bits per heavy atom. The molecule has 3 rings (SSSR count). The highest BCUT2D eigenvalue weighted by atomic mass is 16.4. The Balaban J connectivity index is 1.90. The van der Waals surface area contributed by atoms with E-state index in [0.29, 0.717) is 12.0 Å². The highest BCUT2D eigenvalue weighted by molar-refractivity contribution is 5.93. The van der Waals surface area contributed by atoms with E-state index in [1.54, 1.807) is 6.08 Å². The molecule has 0 fully saturated rings. The molecule has 0 atom stereocenters. The number of carbonyl (C=O) groups is 1. The first kappa shape index (κ1) is 15.1. The first-order valence-corrected chi connectivity index (χ1v) is 7.75. The van der Waals surface area contributed by atoms with Crippen molar-refractivity contribution >= 4 is 22.9 Å². The first-order valence-electron chi connectivity index (χ1n) is 7.75. The largest absolute Gasteiger partial charge is 0.478 e. The number of H-pyrrole nitrogens is 1. The van der Waals surface area contributed by atoms with Gasteiger partial charge < -0.3 is 10.1 Å². The van der Waals surface area contributed by atoms with Crippen molar-refractivity contribution in [2.45, 2.75) is 19.8 Å². The molecule has 116 valence electrons. The van der Waals surface area contributed by atoms with Crippen LogP contribution in [0.25, 0.3) is 17.0 Å². The van der Waals surface area contributed by atoms with Crippen LogP contribution in [0.15, 0.2) is 60.2 Å². The van der Waals surface area contributed by atoms with Crippen LogP contribution in [0.5, 0.6) is 0 Å². The van der Waals surface area contributed by atoms with Gasteiger partial charge in [0.2, 0.25) is 0 Å². The number of nitrogens with one attached hydrogen (secondary N) is 1. The molecular weight excluding hydrogens is 286 g/mol. The Bertz CT molecular complexity index is 860. The number of aromatic amines is 1. The van der Waals surface area contributed by atoms with Gasteiger partial charge in [-0.15, -0.1) is 0 Å². The molecule has 0 aliphatic carbocycles. The minimum absolute atomic E-state index is 0.421.